The van der Waals surface area contributed by atoms with Gasteiger partial charge in [0.1, 0.15) is 0 Å². The Labute approximate surface area is 117 Å². The van der Waals surface area contributed by atoms with Crippen LogP contribution in [0.3, 0.4) is 0 Å². The minimum atomic E-state index is -0.602. The van der Waals surface area contributed by atoms with Crippen LogP contribution in [0.15, 0.2) is 18.2 Å². The van der Waals surface area contributed by atoms with Gasteiger partial charge in [0.25, 0.3) is 0 Å². The van der Waals surface area contributed by atoms with Gasteiger partial charge in [-0.2, -0.15) is 0 Å². The lowest BCUT2D eigenvalue weighted by molar-refractivity contribution is 0.100. The van der Waals surface area contributed by atoms with Crippen molar-refractivity contribution in [2.24, 2.45) is 11.7 Å². The summed E-state index contributed by atoms with van der Waals surface area (Å²) >= 11 is 5.89. The zero-order valence-corrected chi connectivity index (χ0v) is 11.9. The van der Waals surface area contributed by atoms with Crippen LogP contribution in [0.2, 0.25) is 5.02 Å². The van der Waals surface area contributed by atoms with Crippen molar-refractivity contribution >= 4 is 29.2 Å². The molecule has 0 bridgehead atoms. The van der Waals surface area contributed by atoms with Gasteiger partial charge in [-0.25, -0.2) is 4.79 Å². The fourth-order valence-electron chi connectivity index (χ4n) is 1.33. The van der Waals surface area contributed by atoms with Crippen LogP contribution in [0.1, 0.15) is 31.1 Å². The second-order valence-corrected chi connectivity index (χ2v) is 5.10. The topological polar surface area (TPSA) is 84.2 Å². The quantitative estimate of drug-likeness (QED) is 0.793. The number of carbonyl (C=O) groups is 2. The Balaban J connectivity index is 2.70. The van der Waals surface area contributed by atoms with Crippen molar-refractivity contribution in [2.75, 3.05) is 5.32 Å². The monoisotopic (exact) mass is 283 g/mol. The molecule has 0 aliphatic heterocycles. The van der Waals surface area contributed by atoms with E-state index in [9.17, 15) is 9.59 Å². The molecule has 0 aliphatic rings. The summed E-state index contributed by atoms with van der Waals surface area (Å²) in [5.41, 5.74) is 5.87. The second-order valence-electron chi connectivity index (χ2n) is 4.69. The molecular weight excluding hydrogens is 266 g/mol. The first-order chi connectivity index (χ1) is 8.81. The Bertz CT molecular complexity index is 489. The fraction of sp³-hybridized carbons (Fsp3) is 0.385. The van der Waals surface area contributed by atoms with Crippen LogP contribution in [0.4, 0.5) is 10.5 Å². The highest BCUT2D eigenvalue weighted by molar-refractivity contribution is 6.34. The van der Waals surface area contributed by atoms with Gasteiger partial charge in [-0.15, -0.1) is 0 Å². The molecule has 0 unspecified atom stereocenters. The van der Waals surface area contributed by atoms with Crippen LogP contribution in [0, 0.1) is 5.92 Å². The molecule has 1 aromatic rings. The Morgan fingerprint density at radius 2 is 1.89 bits per heavy atom. The molecule has 1 aromatic carbocycles. The maximum absolute atomic E-state index is 11.7. The van der Waals surface area contributed by atoms with Gasteiger partial charge in [0.15, 0.2) is 0 Å². The summed E-state index contributed by atoms with van der Waals surface area (Å²) in [6.07, 6.45) is 0. The van der Waals surface area contributed by atoms with Crippen molar-refractivity contribution in [3.8, 4) is 0 Å². The molecule has 0 saturated carbocycles. The first kappa shape index (κ1) is 15.3. The molecule has 3 amide bonds. The van der Waals surface area contributed by atoms with Crippen molar-refractivity contribution in [1.82, 2.24) is 5.32 Å². The van der Waals surface area contributed by atoms with Crippen molar-refractivity contribution in [3.63, 3.8) is 0 Å². The zero-order valence-electron chi connectivity index (χ0n) is 11.2. The minimum absolute atomic E-state index is 0.0559. The zero-order chi connectivity index (χ0) is 14.6. The van der Waals surface area contributed by atoms with Gasteiger partial charge >= 0.3 is 6.03 Å². The van der Waals surface area contributed by atoms with E-state index in [-0.39, 0.29) is 22.7 Å². The predicted octanol–water partition coefficient (Wildman–Crippen LogP) is 2.60. The normalized spacial score (nSPS) is 12.1. The first-order valence-corrected chi connectivity index (χ1v) is 6.36. The highest BCUT2D eigenvalue weighted by Crippen LogP contribution is 2.20. The van der Waals surface area contributed by atoms with E-state index < -0.39 is 5.91 Å². The van der Waals surface area contributed by atoms with E-state index in [4.69, 9.17) is 17.3 Å². The average molecular weight is 284 g/mol. The third kappa shape index (κ3) is 4.44. The number of carbonyl (C=O) groups excluding carboxylic acids is 2. The van der Waals surface area contributed by atoms with Crippen LogP contribution >= 0.6 is 11.6 Å². The van der Waals surface area contributed by atoms with Gasteiger partial charge in [-0.3, -0.25) is 4.79 Å². The molecule has 0 heterocycles. The maximum Gasteiger partial charge on any atom is 0.319 e. The minimum Gasteiger partial charge on any atom is -0.366 e. The van der Waals surface area contributed by atoms with Crippen molar-refractivity contribution in [2.45, 2.75) is 26.8 Å². The van der Waals surface area contributed by atoms with Gasteiger partial charge in [0, 0.05) is 11.7 Å². The van der Waals surface area contributed by atoms with Gasteiger partial charge in [-0.1, -0.05) is 25.4 Å². The summed E-state index contributed by atoms with van der Waals surface area (Å²) in [7, 11) is 0. The third-order valence-electron chi connectivity index (χ3n) is 2.85. The standard InChI is InChI=1S/C13H18ClN3O2/c1-7(2)8(3)16-13(19)17-9-4-5-10(12(15)18)11(14)6-9/h4-8H,1-3H3,(H2,15,18)(H2,16,17,19)/t8-/m0/s1. The smallest absolute Gasteiger partial charge is 0.319 e. The number of nitrogens with one attached hydrogen (secondary N) is 2. The summed E-state index contributed by atoms with van der Waals surface area (Å²) in [5, 5.41) is 5.66. The van der Waals surface area contributed by atoms with Gasteiger partial charge in [0.05, 0.1) is 10.6 Å². The molecule has 0 radical (unpaired) electrons. The number of primary amides is 1. The van der Waals surface area contributed by atoms with Crippen molar-refractivity contribution < 1.29 is 9.59 Å². The molecule has 5 nitrogen and oxygen atoms in total. The second kappa shape index (κ2) is 6.43. The number of anilines is 1. The largest absolute Gasteiger partial charge is 0.366 e. The summed E-state index contributed by atoms with van der Waals surface area (Å²) < 4.78 is 0. The SMILES string of the molecule is CC(C)[C@H](C)NC(=O)Nc1ccc(C(N)=O)c(Cl)c1. The van der Waals surface area contributed by atoms with E-state index in [0.29, 0.717) is 11.6 Å². The number of rotatable bonds is 4. The average Bonchev–Trinajstić information content (AvgIpc) is 2.27. The van der Waals surface area contributed by atoms with Gasteiger partial charge in [0.2, 0.25) is 5.91 Å². The van der Waals surface area contributed by atoms with Crippen LogP contribution in [-0.2, 0) is 0 Å². The number of hydrogen-bond donors (Lipinski definition) is 3. The van der Waals surface area contributed by atoms with E-state index >= 15 is 0 Å². The summed E-state index contributed by atoms with van der Waals surface area (Å²) in [5.74, 6) is -0.263. The van der Waals surface area contributed by atoms with Gasteiger partial charge in [-0.05, 0) is 31.0 Å². The lowest BCUT2D eigenvalue weighted by Gasteiger charge is -2.18. The molecule has 0 saturated heterocycles. The fourth-order valence-corrected chi connectivity index (χ4v) is 1.61. The predicted molar refractivity (Wildman–Crippen MR) is 76.4 cm³/mol. The van der Waals surface area contributed by atoms with Crippen LogP contribution in [0.5, 0.6) is 0 Å². The molecule has 1 rings (SSSR count). The summed E-state index contributed by atoms with van der Waals surface area (Å²) in [4.78, 5) is 22.7. The van der Waals surface area contributed by atoms with Crippen LogP contribution < -0.4 is 16.4 Å². The molecule has 1 atom stereocenters. The van der Waals surface area contributed by atoms with Gasteiger partial charge < -0.3 is 16.4 Å². The van der Waals surface area contributed by atoms with Crippen molar-refractivity contribution in [3.05, 3.63) is 28.8 Å². The van der Waals surface area contributed by atoms with Crippen LogP contribution in [0.25, 0.3) is 0 Å². The summed E-state index contributed by atoms with van der Waals surface area (Å²) in [6.45, 7) is 5.96. The summed E-state index contributed by atoms with van der Waals surface area (Å²) in [6, 6.07) is 4.28. The van der Waals surface area contributed by atoms with E-state index in [1.54, 1.807) is 6.07 Å². The number of amides is 3. The highest BCUT2D eigenvalue weighted by atomic mass is 35.5. The van der Waals surface area contributed by atoms with E-state index in [2.05, 4.69) is 10.6 Å². The first-order valence-electron chi connectivity index (χ1n) is 5.98. The van der Waals surface area contributed by atoms with E-state index in [1.807, 2.05) is 20.8 Å². The Morgan fingerprint density at radius 3 is 2.37 bits per heavy atom. The molecule has 0 aliphatic carbocycles. The lowest BCUT2D eigenvalue weighted by atomic mass is 10.1. The Morgan fingerprint density at radius 1 is 1.26 bits per heavy atom. The number of nitrogens with two attached hydrogens (primary N) is 1. The molecule has 0 aromatic heterocycles. The molecule has 104 valence electrons. The molecule has 0 spiro atoms. The van der Waals surface area contributed by atoms with Crippen LogP contribution in [-0.4, -0.2) is 18.0 Å². The molecular formula is C13H18ClN3O2. The molecule has 6 heteroatoms. The van der Waals surface area contributed by atoms with Crippen molar-refractivity contribution in [1.29, 1.82) is 0 Å². The number of halogens is 1. The lowest BCUT2D eigenvalue weighted by Crippen LogP contribution is -2.39. The third-order valence-corrected chi connectivity index (χ3v) is 3.16. The molecule has 4 N–H and O–H groups in total. The Hall–Kier alpha value is -1.75. The number of urea groups is 1. The highest BCUT2D eigenvalue weighted by Gasteiger charge is 2.12. The van der Waals surface area contributed by atoms with E-state index in [0.717, 1.165) is 0 Å². The Kier molecular flexibility index (Phi) is 5.18. The number of benzene rings is 1. The maximum atomic E-state index is 11.7. The molecule has 19 heavy (non-hydrogen) atoms. The van der Waals surface area contributed by atoms with E-state index in [1.165, 1.54) is 12.1 Å². The number of hydrogen-bond acceptors (Lipinski definition) is 2. The molecule has 0 fully saturated rings.